The molecule has 0 aromatic heterocycles. The van der Waals surface area contributed by atoms with Crippen molar-refractivity contribution < 1.29 is 29.1 Å². The fraction of sp³-hybridized carbons (Fsp3) is 0.286. The first-order valence-corrected chi connectivity index (χ1v) is 15.3. The van der Waals surface area contributed by atoms with Crippen LogP contribution in [0.1, 0.15) is 87.1 Å². The molecule has 1 aliphatic heterocycles. The van der Waals surface area contributed by atoms with Crippen LogP contribution >= 0.6 is 0 Å². The van der Waals surface area contributed by atoms with Crippen LogP contribution in [0, 0.1) is 0 Å². The minimum atomic E-state index is -0.993. The molecule has 0 radical (unpaired) electrons. The molecule has 6 rings (SSSR count). The second kappa shape index (κ2) is 12.8. The van der Waals surface area contributed by atoms with Crippen LogP contribution in [0.4, 0.5) is 16.2 Å². The number of hydrogen-bond acceptors (Lipinski definition) is 5. The third-order valence-corrected chi connectivity index (χ3v) is 8.35. The number of nitrogens with zero attached hydrogens (tertiary/aromatic N) is 2. The zero-order valence-corrected chi connectivity index (χ0v) is 24.8. The molecule has 1 heterocycles. The first kappa shape index (κ1) is 29.8. The van der Waals surface area contributed by atoms with Crippen molar-refractivity contribution in [2.45, 2.75) is 57.5 Å². The summed E-state index contributed by atoms with van der Waals surface area (Å²) in [6.07, 6.45) is 8.17. The van der Waals surface area contributed by atoms with Gasteiger partial charge in [0, 0.05) is 29.5 Å². The molecule has 0 saturated heterocycles. The second-order valence-corrected chi connectivity index (χ2v) is 11.6. The number of allylic oxidation sites excluding steroid dienone is 2. The fourth-order valence-corrected chi connectivity index (χ4v) is 5.76. The first-order chi connectivity index (χ1) is 21.8. The lowest BCUT2D eigenvalue weighted by atomic mass is 9.93. The smallest absolute Gasteiger partial charge is 0.326 e. The normalized spacial score (nSPS) is 15.7. The number of hydrogen-bond donors (Lipinski definition) is 3. The van der Waals surface area contributed by atoms with Crippen molar-refractivity contribution in [1.82, 2.24) is 10.2 Å². The molecule has 0 unspecified atom stereocenters. The monoisotopic (exact) mass is 606 g/mol. The summed E-state index contributed by atoms with van der Waals surface area (Å²) >= 11 is 0. The zero-order chi connectivity index (χ0) is 31.5. The highest BCUT2D eigenvalue weighted by Crippen LogP contribution is 2.36. The number of urea groups is 1. The summed E-state index contributed by atoms with van der Waals surface area (Å²) in [6, 6.07) is 18.9. The van der Waals surface area contributed by atoms with E-state index in [1.165, 1.54) is 16.9 Å². The SMILES string of the molecule is O=C(O)CCNC(=O)c1ccc(CN(C(=O)Nc2ccc3c(c2)C(=O)N(C2CC2)C3=O)c2ccc(C3=CCCCC3)cc2)cc1. The number of fused-ring (bicyclic) bond motifs is 1. The topological polar surface area (TPSA) is 136 Å². The number of rotatable bonds is 10. The maximum absolute atomic E-state index is 13.8. The Kier molecular flexibility index (Phi) is 8.46. The van der Waals surface area contributed by atoms with E-state index in [9.17, 15) is 24.0 Å². The molecule has 2 aliphatic carbocycles. The van der Waals surface area contributed by atoms with E-state index in [4.69, 9.17) is 5.11 Å². The van der Waals surface area contributed by atoms with Gasteiger partial charge in [0.25, 0.3) is 17.7 Å². The van der Waals surface area contributed by atoms with Gasteiger partial charge >= 0.3 is 12.0 Å². The number of aliphatic carboxylic acids is 1. The largest absolute Gasteiger partial charge is 0.481 e. The number of anilines is 2. The van der Waals surface area contributed by atoms with Crippen LogP contribution in [0.15, 0.2) is 72.8 Å². The molecule has 0 spiro atoms. The van der Waals surface area contributed by atoms with Gasteiger partial charge in [0.05, 0.1) is 24.1 Å². The lowest BCUT2D eigenvalue weighted by molar-refractivity contribution is -0.136. The van der Waals surface area contributed by atoms with Gasteiger partial charge in [0.2, 0.25) is 0 Å². The van der Waals surface area contributed by atoms with Gasteiger partial charge < -0.3 is 15.7 Å². The Morgan fingerprint density at radius 2 is 1.62 bits per heavy atom. The van der Waals surface area contributed by atoms with E-state index in [1.54, 1.807) is 47.4 Å². The van der Waals surface area contributed by atoms with Crippen molar-refractivity contribution in [2.24, 2.45) is 0 Å². The van der Waals surface area contributed by atoms with Crippen LogP contribution < -0.4 is 15.5 Å². The molecule has 3 N–H and O–H groups in total. The van der Waals surface area contributed by atoms with Crippen molar-refractivity contribution in [3.05, 3.63) is 101 Å². The number of amides is 5. The van der Waals surface area contributed by atoms with Crippen molar-refractivity contribution in [3.8, 4) is 0 Å². The summed E-state index contributed by atoms with van der Waals surface area (Å²) in [5.74, 6) is -1.99. The van der Waals surface area contributed by atoms with Gasteiger partial charge in [0.15, 0.2) is 0 Å². The molecular weight excluding hydrogens is 572 g/mol. The number of nitrogens with one attached hydrogen (secondary N) is 2. The molecule has 5 amide bonds. The van der Waals surface area contributed by atoms with Crippen LogP contribution in [0.25, 0.3) is 5.57 Å². The average Bonchev–Trinajstić information content (AvgIpc) is 3.85. The third kappa shape index (κ3) is 6.64. The van der Waals surface area contributed by atoms with E-state index in [-0.39, 0.29) is 43.3 Å². The Bertz CT molecular complexity index is 1690. The Balaban J connectivity index is 1.22. The molecule has 10 nitrogen and oxygen atoms in total. The van der Waals surface area contributed by atoms with E-state index >= 15 is 0 Å². The summed E-state index contributed by atoms with van der Waals surface area (Å²) < 4.78 is 0. The standard InChI is InChI=1S/C35H34N4O6/c40-31(41)18-19-36-32(42)25-8-6-22(7-9-25)21-38(27-13-10-24(11-14-27)23-4-2-1-3-5-23)35(45)37-26-12-17-29-30(20-26)34(44)39(33(29)43)28-15-16-28/h4,6-14,17,20,28H,1-3,5,15-16,18-19,21H2,(H,36,42)(H,37,45)(H,40,41). The number of carboxylic acid groups (broad SMARTS) is 1. The second-order valence-electron chi connectivity index (χ2n) is 11.6. The lowest BCUT2D eigenvalue weighted by Gasteiger charge is -2.24. The summed E-state index contributed by atoms with van der Waals surface area (Å²) in [6.45, 7) is 0.213. The predicted octanol–water partition coefficient (Wildman–Crippen LogP) is 5.85. The summed E-state index contributed by atoms with van der Waals surface area (Å²) in [7, 11) is 0. The predicted molar refractivity (Wildman–Crippen MR) is 169 cm³/mol. The molecule has 10 heteroatoms. The molecule has 230 valence electrons. The van der Waals surface area contributed by atoms with E-state index in [0.29, 0.717) is 28.1 Å². The van der Waals surface area contributed by atoms with Crippen LogP contribution in [0.2, 0.25) is 0 Å². The summed E-state index contributed by atoms with van der Waals surface area (Å²) in [5, 5.41) is 14.3. The number of carboxylic acids is 1. The van der Waals surface area contributed by atoms with E-state index < -0.39 is 12.0 Å². The van der Waals surface area contributed by atoms with Crippen LogP contribution in [-0.2, 0) is 11.3 Å². The molecule has 3 aromatic rings. The summed E-state index contributed by atoms with van der Waals surface area (Å²) in [5.41, 5.74) is 5.28. The molecule has 1 saturated carbocycles. The van der Waals surface area contributed by atoms with E-state index in [0.717, 1.165) is 43.2 Å². The summed E-state index contributed by atoms with van der Waals surface area (Å²) in [4.78, 5) is 65.6. The third-order valence-electron chi connectivity index (χ3n) is 8.35. The highest BCUT2D eigenvalue weighted by atomic mass is 16.4. The Morgan fingerprint density at radius 3 is 2.29 bits per heavy atom. The van der Waals surface area contributed by atoms with Gasteiger partial charge in [-0.05, 0) is 97.7 Å². The molecule has 0 atom stereocenters. The van der Waals surface area contributed by atoms with Crippen LogP contribution in [0.3, 0.4) is 0 Å². The fourth-order valence-electron chi connectivity index (χ4n) is 5.76. The zero-order valence-electron chi connectivity index (χ0n) is 24.8. The van der Waals surface area contributed by atoms with Gasteiger partial charge in [0.1, 0.15) is 0 Å². The van der Waals surface area contributed by atoms with Gasteiger partial charge in [-0.15, -0.1) is 0 Å². The van der Waals surface area contributed by atoms with Gasteiger partial charge in [-0.3, -0.25) is 29.0 Å². The lowest BCUT2D eigenvalue weighted by Crippen LogP contribution is -2.34. The van der Waals surface area contributed by atoms with Crippen molar-refractivity contribution in [1.29, 1.82) is 0 Å². The van der Waals surface area contributed by atoms with Crippen LogP contribution in [0.5, 0.6) is 0 Å². The van der Waals surface area contributed by atoms with Gasteiger partial charge in [-0.25, -0.2) is 4.79 Å². The number of benzene rings is 3. The first-order valence-electron chi connectivity index (χ1n) is 15.3. The maximum atomic E-state index is 13.8. The average molecular weight is 607 g/mol. The van der Waals surface area contributed by atoms with Crippen LogP contribution in [-0.4, -0.2) is 52.3 Å². The molecule has 0 bridgehead atoms. The minimum Gasteiger partial charge on any atom is -0.481 e. The molecule has 45 heavy (non-hydrogen) atoms. The Labute approximate surface area is 260 Å². The highest BCUT2D eigenvalue weighted by Gasteiger charge is 2.44. The molecule has 3 aromatic carbocycles. The quantitative estimate of drug-likeness (QED) is 0.248. The molecule has 3 aliphatic rings. The molecule has 1 fully saturated rings. The van der Waals surface area contributed by atoms with Gasteiger partial charge in [-0.1, -0.05) is 30.3 Å². The minimum absolute atomic E-state index is 0.0256. The molecular formula is C35H34N4O6. The number of imide groups is 1. The maximum Gasteiger partial charge on any atom is 0.326 e. The highest BCUT2D eigenvalue weighted by molar-refractivity contribution is 6.22. The number of carbonyl (C=O) groups is 5. The van der Waals surface area contributed by atoms with Crippen molar-refractivity contribution in [2.75, 3.05) is 16.8 Å². The van der Waals surface area contributed by atoms with Crippen molar-refractivity contribution >= 4 is 46.7 Å². The van der Waals surface area contributed by atoms with E-state index in [1.807, 2.05) is 24.3 Å². The Hall–Kier alpha value is -5.25. The Morgan fingerprint density at radius 1 is 0.889 bits per heavy atom. The number of carbonyl (C=O) groups excluding carboxylic acids is 4. The van der Waals surface area contributed by atoms with Crippen molar-refractivity contribution in [3.63, 3.8) is 0 Å². The van der Waals surface area contributed by atoms with Gasteiger partial charge in [-0.2, -0.15) is 0 Å². The van der Waals surface area contributed by atoms with E-state index in [2.05, 4.69) is 16.7 Å².